The summed E-state index contributed by atoms with van der Waals surface area (Å²) < 4.78 is 18.4. The van der Waals surface area contributed by atoms with E-state index in [1.807, 2.05) is 17.5 Å². The Hall–Kier alpha value is -2.32. The number of carbonyl (C=O) groups is 1. The lowest BCUT2D eigenvalue weighted by Gasteiger charge is -2.02. The molecule has 2 aromatic rings. The molecule has 108 valence electrons. The molecule has 0 aliphatic rings. The van der Waals surface area contributed by atoms with E-state index in [-0.39, 0.29) is 24.8 Å². The first-order valence-electron chi connectivity index (χ1n) is 6.38. The van der Waals surface area contributed by atoms with Crippen molar-refractivity contribution in [1.82, 2.24) is 5.32 Å². The number of benzene rings is 1. The van der Waals surface area contributed by atoms with Crippen LogP contribution in [0.4, 0.5) is 4.39 Å². The van der Waals surface area contributed by atoms with Gasteiger partial charge in [0.2, 0.25) is 5.91 Å². The summed E-state index contributed by atoms with van der Waals surface area (Å²) in [6, 6.07) is 9.98. The standard InChI is InChI=1S/C16H14FNO2S/c17-14-7-1-2-8-15(14)20-10-4-3-9-18-16(19)12-13-6-5-11-21-13/h1-2,5-8,11H,9-10,12H2,(H,18,19). The first-order valence-corrected chi connectivity index (χ1v) is 7.26. The van der Waals surface area contributed by atoms with Crippen molar-refractivity contribution in [1.29, 1.82) is 0 Å². The molecule has 0 radical (unpaired) electrons. The Labute approximate surface area is 126 Å². The highest BCUT2D eigenvalue weighted by Gasteiger charge is 2.02. The van der Waals surface area contributed by atoms with Crippen LogP contribution in [0.15, 0.2) is 41.8 Å². The van der Waals surface area contributed by atoms with Crippen LogP contribution in [0.3, 0.4) is 0 Å². The summed E-state index contributed by atoms with van der Waals surface area (Å²) in [7, 11) is 0. The van der Waals surface area contributed by atoms with Crippen molar-refractivity contribution < 1.29 is 13.9 Å². The third-order valence-electron chi connectivity index (χ3n) is 2.55. The fourth-order valence-corrected chi connectivity index (χ4v) is 2.27. The number of thiophene rings is 1. The zero-order valence-corrected chi connectivity index (χ0v) is 12.1. The lowest BCUT2D eigenvalue weighted by atomic mass is 10.3. The van der Waals surface area contributed by atoms with Crippen molar-refractivity contribution in [2.24, 2.45) is 0 Å². The van der Waals surface area contributed by atoms with Crippen LogP contribution in [0, 0.1) is 17.7 Å². The number of hydrogen-bond donors (Lipinski definition) is 1. The minimum absolute atomic E-state index is 0.0678. The van der Waals surface area contributed by atoms with Crippen LogP contribution in [0.25, 0.3) is 0 Å². The van der Waals surface area contributed by atoms with Crippen LogP contribution in [0.2, 0.25) is 0 Å². The van der Waals surface area contributed by atoms with Crippen LogP contribution in [0.5, 0.6) is 5.75 Å². The molecule has 1 heterocycles. The highest BCUT2D eigenvalue weighted by molar-refractivity contribution is 7.10. The second kappa shape index (κ2) is 8.08. The lowest BCUT2D eigenvalue weighted by molar-refractivity contribution is -0.120. The van der Waals surface area contributed by atoms with E-state index in [4.69, 9.17) is 4.74 Å². The summed E-state index contributed by atoms with van der Waals surface area (Å²) in [5.41, 5.74) is 0. The van der Waals surface area contributed by atoms with Gasteiger partial charge in [-0.05, 0) is 23.6 Å². The van der Waals surface area contributed by atoms with Gasteiger partial charge in [0.05, 0.1) is 13.0 Å². The molecule has 5 heteroatoms. The molecule has 2 rings (SSSR count). The summed E-state index contributed by atoms with van der Waals surface area (Å²) in [5.74, 6) is 5.18. The average Bonchev–Trinajstić information content (AvgIpc) is 2.97. The number of carbonyl (C=O) groups excluding carboxylic acids is 1. The summed E-state index contributed by atoms with van der Waals surface area (Å²) in [6.45, 7) is 0.340. The van der Waals surface area contributed by atoms with Crippen LogP contribution in [0.1, 0.15) is 4.88 Å². The number of halogens is 1. The Morgan fingerprint density at radius 3 is 2.86 bits per heavy atom. The van der Waals surface area contributed by atoms with Gasteiger partial charge >= 0.3 is 0 Å². The Morgan fingerprint density at radius 2 is 2.10 bits per heavy atom. The summed E-state index contributed by atoms with van der Waals surface area (Å²) >= 11 is 1.55. The predicted molar refractivity (Wildman–Crippen MR) is 80.7 cm³/mol. The Kier molecular flexibility index (Phi) is 5.80. The van der Waals surface area contributed by atoms with Gasteiger partial charge in [-0.15, -0.1) is 11.3 Å². The monoisotopic (exact) mass is 303 g/mol. The van der Waals surface area contributed by atoms with E-state index in [1.165, 1.54) is 6.07 Å². The number of rotatable bonds is 5. The smallest absolute Gasteiger partial charge is 0.226 e. The van der Waals surface area contributed by atoms with Crippen LogP contribution < -0.4 is 10.1 Å². The van der Waals surface area contributed by atoms with Crippen LogP contribution in [-0.2, 0) is 11.2 Å². The van der Waals surface area contributed by atoms with E-state index >= 15 is 0 Å². The maximum atomic E-state index is 13.2. The third-order valence-corrected chi connectivity index (χ3v) is 3.43. The highest BCUT2D eigenvalue weighted by atomic mass is 32.1. The molecule has 3 nitrogen and oxygen atoms in total. The molecular weight excluding hydrogens is 289 g/mol. The lowest BCUT2D eigenvalue weighted by Crippen LogP contribution is -2.25. The molecule has 1 aromatic heterocycles. The van der Waals surface area contributed by atoms with E-state index < -0.39 is 5.82 Å². The van der Waals surface area contributed by atoms with Gasteiger partial charge in [0.15, 0.2) is 11.6 Å². The molecule has 0 atom stereocenters. The summed E-state index contributed by atoms with van der Waals surface area (Å²) in [4.78, 5) is 12.6. The van der Waals surface area contributed by atoms with Crippen molar-refractivity contribution in [3.8, 4) is 17.6 Å². The van der Waals surface area contributed by atoms with E-state index in [0.29, 0.717) is 6.42 Å². The molecule has 0 unspecified atom stereocenters. The molecule has 21 heavy (non-hydrogen) atoms. The highest BCUT2D eigenvalue weighted by Crippen LogP contribution is 2.14. The van der Waals surface area contributed by atoms with Gasteiger partial charge in [-0.2, -0.15) is 0 Å². The van der Waals surface area contributed by atoms with E-state index in [2.05, 4.69) is 17.2 Å². The zero-order chi connectivity index (χ0) is 14.9. The minimum atomic E-state index is -0.413. The third kappa shape index (κ3) is 5.28. The quantitative estimate of drug-likeness (QED) is 0.862. The number of hydrogen-bond acceptors (Lipinski definition) is 3. The van der Waals surface area contributed by atoms with Gasteiger partial charge in [0, 0.05) is 4.88 Å². The minimum Gasteiger partial charge on any atom is -0.478 e. The molecule has 0 saturated carbocycles. The molecule has 0 saturated heterocycles. The van der Waals surface area contributed by atoms with Crippen molar-refractivity contribution >= 4 is 17.2 Å². The zero-order valence-electron chi connectivity index (χ0n) is 11.3. The first-order chi connectivity index (χ1) is 10.3. The maximum Gasteiger partial charge on any atom is 0.226 e. The largest absolute Gasteiger partial charge is 0.478 e. The molecule has 0 fully saturated rings. The molecule has 0 bridgehead atoms. The number of nitrogens with one attached hydrogen (secondary N) is 1. The Morgan fingerprint density at radius 1 is 1.24 bits per heavy atom. The molecule has 0 aliphatic carbocycles. The second-order valence-electron chi connectivity index (χ2n) is 4.11. The van der Waals surface area contributed by atoms with Crippen LogP contribution in [-0.4, -0.2) is 19.1 Å². The second-order valence-corrected chi connectivity index (χ2v) is 5.14. The molecule has 0 aliphatic heterocycles. The fraction of sp³-hybridized carbons (Fsp3) is 0.188. The fourth-order valence-electron chi connectivity index (χ4n) is 1.57. The topological polar surface area (TPSA) is 38.3 Å². The molecule has 1 N–H and O–H groups in total. The average molecular weight is 303 g/mol. The van der Waals surface area contributed by atoms with Gasteiger partial charge in [-0.3, -0.25) is 4.79 Å². The van der Waals surface area contributed by atoms with Gasteiger partial charge in [-0.25, -0.2) is 4.39 Å². The Balaban J connectivity index is 1.65. The van der Waals surface area contributed by atoms with Crippen molar-refractivity contribution in [2.45, 2.75) is 6.42 Å². The predicted octanol–water partition coefficient (Wildman–Crippen LogP) is 2.63. The van der Waals surface area contributed by atoms with E-state index in [1.54, 1.807) is 29.5 Å². The Bertz CT molecular complexity index is 644. The molecular formula is C16H14FNO2S. The van der Waals surface area contributed by atoms with Crippen molar-refractivity contribution in [2.75, 3.05) is 13.2 Å². The summed E-state index contributed by atoms with van der Waals surface area (Å²) in [6.07, 6.45) is 0.366. The first kappa shape index (κ1) is 15.1. The van der Waals surface area contributed by atoms with E-state index in [9.17, 15) is 9.18 Å². The van der Waals surface area contributed by atoms with Gasteiger partial charge in [0.25, 0.3) is 0 Å². The molecule has 0 spiro atoms. The van der Waals surface area contributed by atoms with E-state index in [0.717, 1.165) is 4.88 Å². The molecule has 1 amide bonds. The SMILES string of the molecule is O=C(Cc1cccs1)NCC#CCOc1ccccc1F. The maximum absolute atomic E-state index is 13.2. The summed E-state index contributed by atoms with van der Waals surface area (Å²) in [5, 5.41) is 4.63. The molecule has 1 aromatic carbocycles. The van der Waals surface area contributed by atoms with Crippen molar-refractivity contribution in [3.63, 3.8) is 0 Å². The number of para-hydroxylation sites is 1. The van der Waals surface area contributed by atoms with Crippen LogP contribution >= 0.6 is 11.3 Å². The van der Waals surface area contributed by atoms with Crippen molar-refractivity contribution in [3.05, 3.63) is 52.5 Å². The van der Waals surface area contributed by atoms with Gasteiger partial charge < -0.3 is 10.1 Å². The van der Waals surface area contributed by atoms with Gasteiger partial charge in [0.1, 0.15) is 6.61 Å². The number of ether oxygens (including phenoxy) is 1. The van der Waals surface area contributed by atoms with Gasteiger partial charge in [-0.1, -0.05) is 30.0 Å². The normalized spacial score (nSPS) is 9.57. The number of amides is 1.